The summed E-state index contributed by atoms with van der Waals surface area (Å²) in [5.41, 5.74) is 0. The molecule has 4 nitrogen and oxygen atoms in total. The Morgan fingerprint density at radius 1 is 0.333 bits per heavy atom. The van der Waals surface area contributed by atoms with Crippen molar-refractivity contribution in [3.05, 3.63) is 48.5 Å². The minimum Gasteiger partial charge on any atom is -0.425 e. The number of esters is 2. The van der Waals surface area contributed by atoms with Gasteiger partial charge in [-0.05, 0) is 12.8 Å². The average molecular weight is 743 g/mol. The molecule has 0 aromatic heterocycles. The van der Waals surface area contributed by atoms with E-state index in [0.717, 1.165) is 47.2 Å². The number of carbonyl (C=O) groups is 2. The van der Waals surface area contributed by atoms with Crippen molar-refractivity contribution < 1.29 is 19.1 Å². The van der Waals surface area contributed by atoms with E-state index in [1.165, 1.54) is 167 Å². The summed E-state index contributed by atoms with van der Waals surface area (Å²) in [6, 6.07) is 15.6. The van der Waals surface area contributed by atoms with Gasteiger partial charge in [-0.15, -0.1) is 0 Å². The molecule has 0 saturated heterocycles. The zero-order valence-electron chi connectivity index (χ0n) is 34.9. The van der Waals surface area contributed by atoms with Crippen LogP contribution >= 0.6 is 0 Å². The third-order valence-corrected chi connectivity index (χ3v) is 11.2. The van der Waals surface area contributed by atoms with Crippen LogP contribution in [-0.2, 0) is 9.59 Å². The van der Waals surface area contributed by atoms with Crippen LogP contribution in [0.3, 0.4) is 0 Å². The van der Waals surface area contributed by atoms with E-state index in [0.29, 0.717) is 24.3 Å². The molecule has 0 bridgehead atoms. The molecule has 4 heteroatoms. The van der Waals surface area contributed by atoms with Gasteiger partial charge in [-0.3, -0.25) is 9.59 Å². The Morgan fingerprint density at radius 2 is 0.537 bits per heavy atom. The van der Waals surface area contributed by atoms with Gasteiger partial charge in [-0.25, -0.2) is 0 Å². The molecule has 3 aromatic carbocycles. The number of ether oxygens (including phenoxy) is 2. The number of hydrogen-bond acceptors (Lipinski definition) is 4. The van der Waals surface area contributed by atoms with Gasteiger partial charge in [0, 0.05) is 34.4 Å². The maximum atomic E-state index is 13.1. The molecule has 0 amide bonds. The lowest BCUT2D eigenvalue weighted by atomic mass is 10.0. The van der Waals surface area contributed by atoms with Crippen LogP contribution in [0.2, 0.25) is 0 Å². The molecule has 54 heavy (non-hydrogen) atoms. The van der Waals surface area contributed by atoms with Gasteiger partial charge in [0.05, 0.1) is 0 Å². The monoisotopic (exact) mass is 743 g/mol. The van der Waals surface area contributed by atoms with E-state index in [1.54, 1.807) is 0 Å². The van der Waals surface area contributed by atoms with E-state index in [2.05, 4.69) is 13.8 Å². The molecule has 302 valence electrons. The fraction of sp³-hybridized carbons (Fsp3) is 0.680. The first-order valence-corrected chi connectivity index (χ1v) is 23.0. The molecule has 0 aliphatic carbocycles. The fourth-order valence-corrected chi connectivity index (χ4v) is 7.88. The van der Waals surface area contributed by atoms with Crippen LogP contribution in [0.15, 0.2) is 48.5 Å². The van der Waals surface area contributed by atoms with Crippen LogP contribution in [0.4, 0.5) is 0 Å². The maximum absolute atomic E-state index is 13.1. The van der Waals surface area contributed by atoms with Crippen molar-refractivity contribution in [2.75, 3.05) is 0 Å². The van der Waals surface area contributed by atoms with Crippen molar-refractivity contribution in [2.24, 2.45) is 0 Å². The molecule has 0 saturated carbocycles. The highest BCUT2D eigenvalue weighted by Crippen LogP contribution is 2.43. The van der Waals surface area contributed by atoms with Crippen LogP contribution in [0.25, 0.3) is 21.5 Å². The maximum Gasteiger partial charge on any atom is 0.311 e. The third-order valence-electron chi connectivity index (χ3n) is 11.2. The van der Waals surface area contributed by atoms with Crippen molar-refractivity contribution in [3.63, 3.8) is 0 Å². The molecule has 0 atom stereocenters. The topological polar surface area (TPSA) is 52.6 Å². The van der Waals surface area contributed by atoms with Gasteiger partial charge in [0.2, 0.25) is 0 Å². The smallest absolute Gasteiger partial charge is 0.311 e. The third kappa shape index (κ3) is 19.1. The van der Waals surface area contributed by atoms with E-state index < -0.39 is 0 Å². The fourth-order valence-electron chi connectivity index (χ4n) is 7.88. The number of fused-ring (bicyclic) bond motifs is 2. The van der Waals surface area contributed by atoms with Crippen molar-refractivity contribution in [2.45, 2.75) is 219 Å². The van der Waals surface area contributed by atoms with Crippen molar-refractivity contribution in [1.82, 2.24) is 0 Å². The zero-order chi connectivity index (χ0) is 38.3. The molecule has 0 heterocycles. The quantitative estimate of drug-likeness (QED) is 0.0265. The zero-order valence-corrected chi connectivity index (χ0v) is 34.9. The summed E-state index contributed by atoms with van der Waals surface area (Å²) in [6.07, 6.45) is 39.8. The van der Waals surface area contributed by atoms with Gasteiger partial charge in [0.1, 0.15) is 11.5 Å². The summed E-state index contributed by atoms with van der Waals surface area (Å²) in [4.78, 5) is 26.2. The van der Waals surface area contributed by atoms with Crippen LogP contribution < -0.4 is 9.47 Å². The number of rotatable bonds is 34. The van der Waals surface area contributed by atoms with E-state index in [-0.39, 0.29) is 11.9 Å². The molecule has 0 aliphatic heterocycles. The minimum absolute atomic E-state index is 0.196. The second-order valence-electron chi connectivity index (χ2n) is 16.1. The first-order chi connectivity index (χ1) is 26.7. The van der Waals surface area contributed by atoms with Gasteiger partial charge in [0.15, 0.2) is 0 Å². The van der Waals surface area contributed by atoms with E-state index in [4.69, 9.17) is 9.47 Å². The SMILES string of the molecule is CCCCCCCCCCCCCCCCCC(=O)Oc1c2ccccc2c(OC(=O)CCCCCCCCCCCCCCCCC)c2ccccc12. The van der Waals surface area contributed by atoms with Gasteiger partial charge in [-0.1, -0.05) is 242 Å². The molecule has 0 aliphatic rings. The minimum atomic E-state index is -0.196. The summed E-state index contributed by atoms with van der Waals surface area (Å²) in [7, 11) is 0. The molecular formula is C50H78O4. The van der Waals surface area contributed by atoms with Gasteiger partial charge < -0.3 is 9.47 Å². The molecule has 3 rings (SSSR count). The lowest BCUT2D eigenvalue weighted by molar-refractivity contribution is -0.135. The van der Waals surface area contributed by atoms with Crippen LogP contribution in [-0.4, -0.2) is 11.9 Å². The van der Waals surface area contributed by atoms with Gasteiger partial charge >= 0.3 is 11.9 Å². The van der Waals surface area contributed by atoms with E-state index in [9.17, 15) is 9.59 Å². The summed E-state index contributed by atoms with van der Waals surface area (Å²) in [5.74, 6) is 0.736. The largest absolute Gasteiger partial charge is 0.425 e. The van der Waals surface area contributed by atoms with E-state index in [1.807, 2.05) is 48.5 Å². The van der Waals surface area contributed by atoms with E-state index >= 15 is 0 Å². The lowest BCUT2D eigenvalue weighted by Gasteiger charge is -2.16. The Bertz CT molecular complexity index is 1250. The Labute approximate surface area is 330 Å². The summed E-state index contributed by atoms with van der Waals surface area (Å²) in [6.45, 7) is 4.56. The second-order valence-corrected chi connectivity index (χ2v) is 16.1. The predicted octanol–water partition coefficient (Wildman–Crippen LogP) is 16.3. The number of unbranched alkanes of at least 4 members (excludes halogenated alkanes) is 28. The summed E-state index contributed by atoms with van der Waals surface area (Å²) >= 11 is 0. The number of hydrogen-bond donors (Lipinski definition) is 0. The molecule has 0 spiro atoms. The van der Waals surface area contributed by atoms with Crippen molar-refractivity contribution in [1.29, 1.82) is 0 Å². The number of carbonyl (C=O) groups excluding carboxylic acids is 2. The normalized spacial score (nSPS) is 11.4. The molecule has 3 aromatic rings. The van der Waals surface area contributed by atoms with Crippen molar-refractivity contribution in [3.8, 4) is 11.5 Å². The first-order valence-electron chi connectivity index (χ1n) is 23.0. The molecule has 0 radical (unpaired) electrons. The highest BCUT2D eigenvalue weighted by molar-refractivity contribution is 6.12. The summed E-state index contributed by atoms with van der Waals surface area (Å²) in [5, 5.41) is 3.21. The average Bonchev–Trinajstić information content (AvgIpc) is 3.19. The molecule has 0 unspecified atom stereocenters. The van der Waals surface area contributed by atoms with Crippen LogP contribution in [0.1, 0.15) is 219 Å². The highest BCUT2D eigenvalue weighted by atomic mass is 16.5. The Morgan fingerprint density at radius 3 is 0.759 bits per heavy atom. The second kappa shape index (κ2) is 30.4. The Hall–Kier alpha value is -2.88. The highest BCUT2D eigenvalue weighted by Gasteiger charge is 2.20. The molecule has 0 N–H and O–H groups in total. The summed E-state index contributed by atoms with van der Waals surface area (Å²) < 4.78 is 12.2. The number of benzene rings is 3. The van der Waals surface area contributed by atoms with Crippen LogP contribution in [0.5, 0.6) is 11.5 Å². The lowest BCUT2D eigenvalue weighted by Crippen LogP contribution is -2.10. The standard InChI is InChI=1S/C50H78O4/c1-3-5-7-9-11-13-15-17-19-21-23-25-27-29-31-41-47(51)53-49-43-37-33-35-39-45(43)50(46-40-36-34-38-44(46)49)54-48(52)42-32-30-28-26-24-22-20-18-16-14-12-10-8-6-4-2/h33-40H,3-32,41-42H2,1-2H3. The van der Waals surface area contributed by atoms with Crippen LogP contribution in [0, 0.1) is 0 Å². The van der Waals surface area contributed by atoms with Gasteiger partial charge in [0.25, 0.3) is 0 Å². The Balaban J connectivity index is 1.34. The predicted molar refractivity (Wildman–Crippen MR) is 232 cm³/mol. The molecule has 0 fully saturated rings. The first kappa shape index (κ1) is 45.5. The molecular weight excluding hydrogens is 665 g/mol. The Kier molecular flexibility index (Phi) is 25.6. The van der Waals surface area contributed by atoms with Crippen molar-refractivity contribution >= 4 is 33.5 Å². The van der Waals surface area contributed by atoms with Gasteiger partial charge in [-0.2, -0.15) is 0 Å².